The van der Waals surface area contributed by atoms with Gasteiger partial charge in [0.05, 0.1) is 13.2 Å². The number of benzene rings is 2. The second kappa shape index (κ2) is 8.06. The first kappa shape index (κ1) is 19.3. The molecule has 0 saturated carbocycles. The van der Waals surface area contributed by atoms with Crippen LogP contribution in [0.1, 0.15) is 17.5 Å². The highest BCUT2D eigenvalue weighted by Crippen LogP contribution is 2.36. The van der Waals surface area contributed by atoms with Crippen LogP contribution in [0.25, 0.3) is 0 Å². The van der Waals surface area contributed by atoms with Crippen molar-refractivity contribution in [2.24, 2.45) is 5.41 Å². The van der Waals surface area contributed by atoms with Gasteiger partial charge in [0.15, 0.2) is 11.6 Å². The smallest absolute Gasteiger partial charge is 0.312 e. The highest BCUT2D eigenvalue weighted by atomic mass is 19.1. The lowest BCUT2D eigenvalue weighted by molar-refractivity contribution is -0.163. The van der Waals surface area contributed by atoms with Crippen LogP contribution in [0.15, 0.2) is 48.5 Å². The highest BCUT2D eigenvalue weighted by molar-refractivity contribution is 5.76. The number of piperidine rings is 1. The lowest BCUT2D eigenvalue weighted by Gasteiger charge is -2.43. The molecule has 0 spiro atoms. The molecule has 3 rings (SSSR count). The van der Waals surface area contributed by atoms with Gasteiger partial charge in [0.2, 0.25) is 0 Å². The number of methoxy groups -OCH3 is 1. The maximum Gasteiger partial charge on any atom is 0.312 e. The number of halogens is 1. The quantitative estimate of drug-likeness (QED) is 0.815. The highest BCUT2D eigenvalue weighted by Gasteiger charge is 2.48. The summed E-state index contributed by atoms with van der Waals surface area (Å²) in [5.74, 6) is -1.23. The minimum Gasteiger partial charge on any atom is -0.494 e. The van der Waals surface area contributed by atoms with Crippen molar-refractivity contribution in [2.45, 2.75) is 25.5 Å². The Hall–Kier alpha value is -2.44. The standard InChI is InChI=1S/C21H24FNO4/c1-27-18-8-7-16(11-17(18)22)13-23-10-9-21(20(25)26,19(24)14-23)12-15-5-3-2-4-6-15/h2-8,11,19,24H,9-10,12-14H2,1H3,(H,25,26)/t19-,21-/m1/s1. The first-order chi connectivity index (χ1) is 12.9. The van der Waals surface area contributed by atoms with Crippen molar-refractivity contribution in [3.8, 4) is 5.75 Å². The SMILES string of the molecule is COc1ccc(CN2CC[C@](Cc3ccccc3)(C(=O)O)[C@H](O)C2)cc1F. The van der Waals surface area contributed by atoms with Gasteiger partial charge in [0.1, 0.15) is 5.41 Å². The number of carboxylic acids is 1. The van der Waals surface area contributed by atoms with E-state index in [1.165, 1.54) is 13.2 Å². The number of β-amino-alcohol motifs (C(OH)–C–C–N with tert-alkyl or cyclic N) is 1. The van der Waals surface area contributed by atoms with Crippen molar-refractivity contribution in [2.75, 3.05) is 20.2 Å². The zero-order chi connectivity index (χ0) is 19.4. The average Bonchev–Trinajstić information content (AvgIpc) is 2.65. The Labute approximate surface area is 158 Å². The van der Waals surface area contributed by atoms with Gasteiger partial charge < -0.3 is 14.9 Å². The Balaban J connectivity index is 1.71. The van der Waals surface area contributed by atoms with Gasteiger partial charge in [-0.05, 0) is 42.6 Å². The molecule has 0 aromatic heterocycles. The molecule has 0 aliphatic carbocycles. The number of carbonyl (C=O) groups is 1. The van der Waals surface area contributed by atoms with Crippen LogP contribution >= 0.6 is 0 Å². The third kappa shape index (κ3) is 4.12. The van der Waals surface area contributed by atoms with E-state index in [1.54, 1.807) is 12.1 Å². The summed E-state index contributed by atoms with van der Waals surface area (Å²) in [5.41, 5.74) is 0.444. The van der Waals surface area contributed by atoms with Crippen LogP contribution in [-0.2, 0) is 17.8 Å². The third-order valence-corrected chi connectivity index (χ3v) is 5.35. The summed E-state index contributed by atoms with van der Waals surface area (Å²) in [5, 5.41) is 20.6. The maximum atomic E-state index is 13.9. The summed E-state index contributed by atoms with van der Waals surface area (Å²) in [4.78, 5) is 14.0. The van der Waals surface area contributed by atoms with E-state index in [9.17, 15) is 19.4 Å². The van der Waals surface area contributed by atoms with Crippen LogP contribution < -0.4 is 4.74 Å². The van der Waals surface area contributed by atoms with E-state index < -0.39 is 23.3 Å². The summed E-state index contributed by atoms with van der Waals surface area (Å²) in [6.45, 7) is 1.19. The molecule has 144 valence electrons. The maximum absolute atomic E-state index is 13.9. The number of ether oxygens (including phenoxy) is 1. The molecule has 1 fully saturated rings. The molecule has 0 amide bonds. The lowest BCUT2D eigenvalue weighted by Crippen LogP contribution is -2.55. The van der Waals surface area contributed by atoms with Gasteiger partial charge in [-0.2, -0.15) is 0 Å². The molecule has 0 unspecified atom stereocenters. The van der Waals surface area contributed by atoms with Gasteiger partial charge in [-0.1, -0.05) is 36.4 Å². The summed E-state index contributed by atoms with van der Waals surface area (Å²) in [6, 6.07) is 14.1. The number of hydrogen-bond acceptors (Lipinski definition) is 4. The zero-order valence-electron chi connectivity index (χ0n) is 15.3. The molecule has 5 nitrogen and oxygen atoms in total. The number of aliphatic hydroxyl groups excluding tert-OH is 1. The van der Waals surface area contributed by atoms with E-state index in [0.29, 0.717) is 19.5 Å². The normalized spacial score (nSPS) is 23.1. The number of nitrogens with zero attached hydrogens (tertiary/aromatic N) is 1. The molecule has 0 radical (unpaired) electrons. The van der Waals surface area contributed by atoms with E-state index in [1.807, 2.05) is 35.2 Å². The Bertz CT molecular complexity index is 798. The first-order valence-electron chi connectivity index (χ1n) is 8.95. The van der Waals surface area contributed by atoms with Gasteiger partial charge in [0.25, 0.3) is 0 Å². The Kier molecular flexibility index (Phi) is 5.77. The summed E-state index contributed by atoms with van der Waals surface area (Å²) in [6.07, 6.45) is -0.390. The van der Waals surface area contributed by atoms with Crippen LogP contribution in [0.2, 0.25) is 0 Å². The van der Waals surface area contributed by atoms with Gasteiger partial charge in [0, 0.05) is 13.1 Å². The molecule has 0 bridgehead atoms. The molecular formula is C21H24FNO4. The number of hydrogen-bond donors (Lipinski definition) is 2. The molecule has 1 saturated heterocycles. The molecule has 2 aromatic carbocycles. The van der Waals surface area contributed by atoms with Crippen LogP contribution in [0, 0.1) is 11.2 Å². The molecule has 2 atom stereocenters. The van der Waals surface area contributed by atoms with E-state index in [0.717, 1.165) is 11.1 Å². The molecule has 2 N–H and O–H groups in total. The molecule has 1 aliphatic rings. The molecule has 1 aliphatic heterocycles. The van der Waals surface area contributed by atoms with E-state index in [-0.39, 0.29) is 18.7 Å². The van der Waals surface area contributed by atoms with Crippen LogP contribution in [0.4, 0.5) is 4.39 Å². The molecule has 1 heterocycles. The van der Waals surface area contributed by atoms with Crippen molar-refractivity contribution in [3.63, 3.8) is 0 Å². The van der Waals surface area contributed by atoms with Gasteiger partial charge in [-0.25, -0.2) is 4.39 Å². The molecular weight excluding hydrogens is 349 g/mol. The van der Waals surface area contributed by atoms with Crippen LogP contribution in [-0.4, -0.2) is 47.4 Å². The fourth-order valence-electron chi connectivity index (χ4n) is 3.74. The summed E-state index contributed by atoms with van der Waals surface area (Å²) < 4.78 is 18.8. The van der Waals surface area contributed by atoms with Gasteiger partial charge in [-0.15, -0.1) is 0 Å². The Morgan fingerprint density at radius 3 is 2.59 bits per heavy atom. The fourth-order valence-corrected chi connectivity index (χ4v) is 3.74. The van der Waals surface area contributed by atoms with E-state index >= 15 is 0 Å². The monoisotopic (exact) mass is 373 g/mol. The van der Waals surface area contributed by atoms with Gasteiger partial charge in [-0.3, -0.25) is 9.69 Å². The largest absolute Gasteiger partial charge is 0.494 e. The lowest BCUT2D eigenvalue weighted by atomic mass is 9.71. The van der Waals surface area contributed by atoms with E-state index in [2.05, 4.69) is 0 Å². The topological polar surface area (TPSA) is 70.0 Å². The van der Waals surface area contributed by atoms with Crippen molar-refractivity contribution < 1.29 is 24.1 Å². The minimum absolute atomic E-state index is 0.185. The number of aliphatic carboxylic acids is 1. The zero-order valence-corrected chi connectivity index (χ0v) is 15.3. The summed E-state index contributed by atoms with van der Waals surface area (Å²) >= 11 is 0. The second-order valence-corrected chi connectivity index (χ2v) is 7.09. The van der Waals surface area contributed by atoms with Crippen molar-refractivity contribution >= 4 is 5.97 Å². The molecule has 2 aromatic rings. The Morgan fingerprint density at radius 1 is 1.26 bits per heavy atom. The van der Waals surface area contributed by atoms with Crippen molar-refractivity contribution in [1.29, 1.82) is 0 Å². The number of aliphatic hydroxyl groups is 1. The third-order valence-electron chi connectivity index (χ3n) is 5.35. The number of carboxylic acid groups (broad SMARTS) is 1. The molecule has 27 heavy (non-hydrogen) atoms. The van der Waals surface area contributed by atoms with Gasteiger partial charge >= 0.3 is 5.97 Å². The second-order valence-electron chi connectivity index (χ2n) is 7.09. The minimum atomic E-state index is -1.21. The number of rotatable bonds is 6. The summed E-state index contributed by atoms with van der Waals surface area (Å²) in [7, 11) is 1.41. The van der Waals surface area contributed by atoms with Crippen LogP contribution in [0.5, 0.6) is 5.75 Å². The first-order valence-corrected chi connectivity index (χ1v) is 8.95. The van der Waals surface area contributed by atoms with Crippen molar-refractivity contribution in [1.82, 2.24) is 4.90 Å². The van der Waals surface area contributed by atoms with E-state index in [4.69, 9.17) is 4.74 Å². The fraction of sp³-hybridized carbons (Fsp3) is 0.381. The van der Waals surface area contributed by atoms with Crippen molar-refractivity contribution in [3.05, 3.63) is 65.5 Å². The van der Waals surface area contributed by atoms with Crippen LogP contribution in [0.3, 0.4) is 0 Å². The molecule has 6 heteroatoms. The average molecular weight is 373 g/mol. The Morgan fingerprint density at radius 2 is 2.00 bits per heavy atom. The number of likely N-dealkylation sites (tertiary alicyclic amines) is 1. The predicted octanol–water partition coefficient (Wildman–Crippen LogP) is 2.71. The predicted molar refractivity (Wildman–Crippen MR) is 99.1 cm³/mol.